The molecule has 5 rings (SSSR count). The van der Waals surface area contributed by atoms with Crippen LogP contribution in [-0.4, -0.2) is 54.6 Å². The quantitative estimate of drug-likeness (QED) is 0.349. The van der Waals surface area contributed by atoms with Crippen LogP contribution in [0.4, 0.5) is 10.5 Å². The van der Waals surface area contributed by atoms with Crippen LogP contribution in [0, 0.1) is 0 Å². The van der Waals surface area contributed by atoms with E-state index >= 15 is 0 Å². The summed E-state index contributed by atoms with van der Waals surface area (Å²) in [6, 6.07) is 14.5. The number of ether oxygens (including phenoxy) is 1. The van der Waals surface area contributed by atoms with Gasteiger partial charge in [0.05, 0.1) is 0 Å². The van der Waals surface area contributed by atoms with Crippen LogP contribution in [0.25, 0.3) is 21.9 Å². The van der Waals surface area contributed by atoms with Crippen LogP contribution in [0.1, 0.15) is 41.9 Å². The van der Waals surface area contributed by atoms with Gasteiger partial charge in [0.15, 0.2) is 11.5 Å². The van der Waals surface area contributed by atoms with Gasteiger partial charge in [-0.15, -0.1) is 0 Å². The Bertz CT molecular complexity index is 1490. The number of piperazine rings is 1. The number of hydrogen-bond donors (Lipinski definition) is 2. The summed E-state index contributed by atoms with van der Waals surface area (Å²) in [6.45, 7) is 8.22. The second-order valence-corrected chi connectivity index (χ2v) is 10.7. The summed E-state index contributed by atoms with van der Waals surface area (Å²) in [4.78, 5) is 38.0. The molecule has 3 heterocycles. The highest BCUT2D eigenvalue weighted by atomic mass is 79.9. The first-order valence-corrected chi connectivity index (χ1v) is 12.7. The number of nitrogens with two attached hydrogens (primary N) is 2. The molecule has 4 N–H and O–H groups in total. The molecule has 2 aromatic carbocycles. The molecule has 10 nitrogen and oxygen atoms in total. The predicted molar refractivity (Wildman–Crippen MR) is 147 cm³/mol. The summed E-state index contributed by atoms with van der Waals surface area (Å²) in [5.74, 6) is -0.786. The third-order valence-electron chi connectivity index (χ3n) is 5.76. The Morgan fingerprint density at radius 3 is 1.87 bits per heavy atom. The van der Waals surface area contributed by atoms with Crippen molar-refractivity contribution >= 4 is 61.5 Å². The molecule has 0 atom stereocenters. The molecule has 0 saturated carbocycles. The van der Waals surface area contributed by atoms with Crippen molar-refractivity contribution in [3.05, 3.63) is 64.5 Å². The number of furan rings is 2. The Labute approximate surface area is 227 Å². The van der Waals surface area contributed by atoms with Gasteiger partial charge >= 0.3 is 6.09 Å². The molecular formula is C27H29BrN4O6. The minimum Gasteiger partial charge on any atom is -0.451 e. The van der Waals surface area contributed by atoms with Gasteiger partial charge < -0.3 is 34.8 Å². The van der Waals surface area contributed by atoms with Crippen LogP contribution in [0.2, 0.25) is 0 Å². The van der Waals surface area contributed by atoms with Crippen LogP contribution in [0.3, 0.4) is 0 Å². The van der Waals surface area contributed by atoms with Gasteiger partial charge in [0.2, 0.25) is 0 Å². The monoisotopic (exact) mass is 584 g/mol. The number of benzene rings is 2. The van der Waals surface area contributed by atoms with Crippen molar-refractivity contribution in [3.63, 3.8) is 0 Å². The largest absolute Gasteiger partial charge is 0.451 e. The maximum atomic E-state index is 12.1. The predicted octanol–water partition coefficient (Wildman–Crippen LogP) is 4.88. The topological polar surface area (TPSA) is 145 Å². The van der Waals surface area contributed by atoms with Crippen molar-refractivity contribution in [1.82, 2.24) is 4.90 Å². The molecule has 200 valence electrons. The Balaban J connectivity index is 0.000000216. The van der Waals surface area contributed by atoms with Crippen LogP contribution in [0.15, 0.2) is 61.8 Å². The molecule has 4 aromatic rings. The third kappa shape index (κ3) is 6.46. The number of carbonyl (C=O) groups excluding carboxylic acids is 3. The molecular weight excluding hydrogens is 556 g/mol. The molecule has 11 heteroatoms. The summed E-state index contributed by atoms with van der Waals surface area (Å²) in [5, 5.41) is 1.70. The number of hydrogen-bond acceptors (Lipinski definition) is 7. The number of anilines is 1. The third-order valence-corrected chi connectivity index (χ3v) is 6.25. The molecule has 0 unspecified atom stereocenters. The van der Waals surface area contributed by atoms with Crippen molar-refractivity contribution < 1.29 is 28.0 Å². The zero-order valence-corrected chi connectivity index (χ0v) is 22.9. The fraction of sp³-hybridized carbons (Fsp3) is 0.296. The number of carbonyl (C=O) groups is 3. The molecule has 1 aliphatic rings. The van der Waals surface area contributed by atoms with Crippen LogP contribution in [0.5, 0.6) is 0 Å². The summed E-state index contributed by atoms with van der Waals surface area (Å²) >= 11 is 3.32. The highest BCUT2D eigenvalue weighted by molar-refractivity contribution is 9.10. The molecule has 38 heavy (non-hydrogen) atoms. The van der Waals surface area contributed by atoms with Gasteiger partial charge in [0.25, 0.3) is 11.8 Å². The molecule has 0 radical (unpaired) electrons. The summed E-state index contributed by atoms with van der Waals surface area (Å²) in [5.41, 5.74) is 12.2. The molecule has 3 amide bonds. The number of nitrogens with zero attached hydrogens (tertiary/aromatic N) is 2. The standard InChI is InChI=1S/C18H23N3O4.C9H6BrNO2/c1-18(2,3)25-17(23)21-8-6-20(7-9-21)13-4-5-14-12(10-13)11-15(24-14)16(19)22;10-6-1-2-7-5(3-6)4-8(13-7)9(11)12/h4-5,10-11H,6-9H2,1-3H3,(H2,19,22);1-4H,(H2,11,12). The van der Waals surface area contributed by atoms with E-state index in [1.165, 1.54) is 0 Å². The normalized spacial score (nSPS) is 13.8. The van der Waals surface area contributed by atoms with E-state index in [0.29, 0.717) is 37.3 Å². The molecule has 0 bridgehead atoms. The van der Waals surface area contributed by atoms with E-state index in [2.05, 4.69) is 20.8 Å². The van der Waals surface area contributed by atoms with E-state index in [-0.39, 0.29) is 17.6 Å². The van der Waals surface area contributed by atoms with E-state index in [9.17, 15) is 14.4 Å². The van der Waals surface area contributed by atoms with Crippen LogP contribution >= 0.6 is 15.9 Å². The van der Waals surface area contributed by atoms with E-state index in [4.69, 9.17) is 25.0 Å². The average molecular weight is 585 g/mol. The minimum atomic E-state index is -0.580. The lowest BCUT2D eigenvalue weighted by molar-refractivity contribution is 0.0240. The van der Waals surface area contributed by atoms with Gasteiger partial charge in [0, 0.05) is 47.1 Å². The first kappa shape index (κ1) is 27.1. The average Bonchev–Trinajstić information content (AvgIpc) is 3.47. The van der Waals surface area contributed by atoms with Gasteiger partial charge in [-0.25, -0.2) is 4.79 Å². The highest BCUT2D eigenvalue weighted by Crippen LogP contribution is 2.26. The van der Waals surface area contributed by atoms with Crippen molar-refractivity contribution in [2.75, 3.05) is 31.1 Å². The van der Waals surface area contributed by atoms with Gasteiger partial charge in [-0.05, 0) is 69.3 Å². The molecule has 1 fully saturated rings. The molecule has 2 aromatic heterocycles. The fourth-order valence-corrected chi connectivity index (χ4v) is 4.34. The highest BCUT2D eigenvalue weighted by Gasteiger charge is 2.26. The number of primary amides is 2. The number of halogens is 1. The molecule has 0 aliphatic carbocycles. The van der Waals surface area contributed by atoms with Gasteiger partial charge in [-0.1, -0.05) is 15.9 Å². The van der Waals surface area contributed by atoms with Crippen molar-refractivity contribution in [3.8, 4) is 0 Å². The van der Waals surface area contributed by atoms with Gasteiger partial charge in [-0.2, -0.15) is 0 Å². The van der Waals surface area contributed by atoms with E-state index in [1.54, 1.807) is 23.1 Å². The Morgan fingerprint density at radius 2 is 1.34 bits per heavy atom. The van der Waals surface area contributed by atoms with E-state index < -0.39 is 17.4 Å². The van der Waals surface area contributed by atoms with Gasteiger partial charge in [-0.3, -0.25) is 9.59 Å². The Kier molecular flexibility index (Phi) is 7.68. The lowest BCUT2D eigenvalue weighted by Crippen LogP contribution is -2.50. The lowest BCUT2D eigenvalue weighted by Gasteiger charge is -2.36. The molecule has 0 spiro atoms. The first-order valence-electron chi connectivity index (χ1n) is 11.9. The fourth-order valence-electron chi connectivity index (χ4n) is 3.96. The Hall–Kier alpha value is -3.99. The molecule has 1 aliphatic heterocycles. The number of rotatable bonds is 3. The summed E-state index contributed by atoms with van der Waals surface area (Å²) in [6.07, 6.45) is -0.275. The summed E-state index contributed by atoms with van der Waals surface area (Å²) < 4.78 is 16.9. The maximum absolute atomic E-state index is 12.1. The first-order chi connectivity index (χ1) is 17.9. The lowest BCUT2D eigenvalue weighted by atomic mass is 10.2. The van der Waals surface area contributed by atoms with Crippen LogP contribution < -0.4 is 16.4 Å². The van der Waals surface area contributed by atoms with Crippen molar-refractivity contribution in [2.24, 2.45) is 11.5 Å². The Morgan fingerprint density at radius 1 is 0.816 bits per heavy atom. The SMILES string of the molecule is CC(C)(C)OC(=O)N1CCN(c2ccc3oc(C(N)=O)cc3c2)CC1.NC(=O)c1cc2cc(Br)ccc2o1. The van der Waals surface area contributed by atoms with Crippen molar-refractivity contribution in [1.29, 1.82) is 0 Å². The van der Waals surface area contributed by atoms with E-state index in [1.807, 2.05) is 51.1 Å². The second kappa shape index (κ2) is 10.8. The minimum absolute atomic E-state index is 0.155. The number of fused-ring (bicyclic) bond motifs is 2. The smallest absolute Gasteiger partial charge is 0.410 e. The van der Waals surface area contributed by atoms with Crippen molar-refractivity contribution in [2.45, 2.75) is 26.4 Å². The summed E-state index contributed by atoms with van der Waals surface area (Å²) in [7, 11) is 0. The number of amides is 3. The van der Waals surface area contributed by atoms with Gasteiger partial charge in [0.1, 0.15) is 16.8 Å². The molecule has 1 saturated heterocycles. The van der Waals surface area contributed by atoms with Crippen LogP contribution in [-0.2, 0) is 4.74 Å². The maximum Gasteiger partial charge on any atom is 0.410 e. The second-order valence-electron chi connectivity index (χ2n) is 9.81. The van der Waals surface area contributed by atoms with E-state index in [0.717, 1.165) is 20.9 Å². The zero-order valence-electron chi connectivity index (χ0n) is 21.3. The zero-order chi connectivity index (χ0) is 27.6.